The zero-order chi connectivity index (χ0) is 18.6. The van der Waals surface area contributed by atoms with Crippen LogP contribution in [0.25, 0.3) is 10.9 Å². The summed E-state index contributed by atoms with van der Waals surface area (Å²) in [5.41, 5.74) is 1.07. The molecule has 0 N–H and O–H groups in total. The van der Waals surface area contributed by atoms with E-state index in [0.29, 0.717) is 31.3 Å². The molecule has 0 spiro atoms. The van der Waals surface area contributed by atoms with E-state index in [4.69, 9.17) is 9.26 Å². The summed E-state index contributed by atoms with van der Waals surface area (Å²) >= 11 is 0. The molecule has 4 rings (SSSR count). The van der Waals surface area contributed by atoms with Gasteiger partial charge in [-0.2, -0.15) is 4.98 Å². The number of para-hydroxylation sites is 1. The van der Waals surface area contributed by atoms with Gasteiger partial charge < -0.3 is 18.7 Å². The van der Waals surface area contributed by atoms with Crippen molar-refractivity contribution in [3.63, 3.8) is 0 Å². The molecule has 0 saturated carbocycles. The van der Waals surface area contributed by atoms with E-state index >= 15 is 0 Å². The summed E-state index contributed by atoms with van der Waals surface area (Å²) in [5.74, 6) is 1.24. The van der Waals surface area contributed by atoms with Crippen LogP contribution in [0.5, 0.6) is 0 Å². The fourth-order valence-electron chi connectivity index (χ4n) is 3.70. The second kappa shape index (κ2) is 7.92. The van der Waals surface area contributed by atoms with Gasteiger partial charge in [-0.1, -0.05) is 23.4 Å². The van der Waals surface area contributed by atoms with E-state index in [1.54, 1.807) is 7.11 Å². The maximum Gasteiger partial charge on any atom is 0.249 e. The van der Waals surface area contributed by atoms with Gasteiger partial charge in [-0.15, -0.1) is 0 Å². The zero-order valence-corrected chi connectivity index (χ0v) is 15.5. The molecular formula is C20H24N4O3. The molecule has 7 heteroatoms. The Hall–Kier alpha value is -2.67. The molecule has 1 fully saturated rings. The van der Waals surface area contributed by atoms with Crippen LogP contribution < -0.4 is 0 Å². The van der Waals surface area contributed by atoms with Crippen molar-refractivity contribution in [2.75, 3.05) is 20.3 Å². The first-order valence-corrected chi connectivity index (χ1v) is 9.41. The number of methoxy groups -OCH3 is 1. The Labute approximate surface area is 157 Å². The number of likely N-dealkylation sites (tertiary alicyclic amines) is 1. The lowest BCUT2D eigenvalue weighted by Crippen LogP contribution is -2.40. The van der Waals surface area contributed by atoms with Crippen LogP contribution >= 0.6 is 0 Å². The van der Waals surface area contributed by atoms with E-state index in [1.165, 1.54) is 0 Å². The van der Waals surface area contributed by atoms with Gasteiger partial charge in [0.25, 0.3) is 0 Å². The van der Waals surface area contributed by atoms with Gasteiger partial charge in [-0.3, -0.25) is 4.79 Å². The van der Waals surface area contributed by atoms with Gasteiger partial charge in [0.15, 0.2) is 5.82 Å². The minimum absolute atomic E-state index is 0.0812. The normalized spacial score (nSPS) is 17.5. The predicted octanol–water partition coefficient (Wildman–Crippen LogP) is 2.97. The molecule has 2 aromatic heterocycles. The molecule has 0 radical (unpaired) electrons. The van der Waals surface area contributed by atoms with Crippen LogP contribution in [0.2, 0.25) is 0 Å². The van der Waals surface area contributed by atoms with Crippen molar-refractivity contribution < 1.29 is 14.1 Å². The molecule has 1 atom stereocenters. The van der Waals surface area contributed by atoms with Crippen molar-refractivity contribution in [1.29, 1.82) is 0 Å². The first kappa shape index (κ1) is 17.7. The minimum Gasteiger partial charge on any atom is -0.384 e. The van der Waals surface area contributed by atoms with Crippen LogP contribution in [0.15, 0.2) is 41.1 Å². The number of nitrogens with zero attached hydrogens (tertiary/aromatic N) is 4. The second-order valence-corrected chi connectivity index (χ2v) is 6.89. The molecule has 1 saturated heterocycles. The Kier molecular flexibility index (Phi) is 5.20. The number of piperidine rings is 1. The summed E-state index contributed by atoms with van der Waals surface area (Å²) < 4.78 is 12.5. The van der Waals surface area contributed by atoms with E-state index < -0.39 is 0 Å². The number of ether oxygens (including phenoxy) is 1. The molecule has 7 nitrogen and oxygen atoms in total. The van der Waals surface area contributed by atoms with Gasteiger partial charge in [0, 0.05) is 31.8 Å². The number of benzene rings is 1. The predicted molar refractivity (Wildman–Crippen MR) is 100 cm³/mol. The molecule has 27 heavy (non-hydrogen) atoms. The molecule has 0 unspecified atom stereocenters. The standard InChI is InChI=1S/C20H24N4O3/c1-26-13-10-18-21-20(27-22-18)17-8-4-5-11-24(17)19(25)14-23-12-9-15-6-2-3-7-16(15)23/h2-3,6-7,9,12,17H,4-5,8,10-11,13-14H2,1H3/t17-/m0/s1. The molecule has 3 aromatic rings. The second-order valence-electron chi connectivity index (χ2n) is 6.89. The maximum absolute atomic E-state index is 13.1. The highest BCUT2D eigenvalue weighted by Crippen LogP contribution is 2.30. The van der Waals surface area contributed by atoms with Crippen molar-refractivity contribution in [3.8, 4) is 0 Å². The van der Waals surface area contributed by atoms with Gasteiger partial charge >= 0.3 is 0 Å². The zero-order valence-electron chi connectivity index (χ0n) is 15.5. The van der Waals surface area contributed by atoms with E-state index in [9.17, 15) is 4.79 Å². The summed E-state index contributed by atoms with van der Waals surface area (Å²) in [5, 5.41) is 5.17. The fourth-order valence-corrected chi connectivity index (χ4v) is 3.70. The highest BCUT2D eigenvalue weighted by Gasteiger charge is 2.32. The Morgan fingerprint density at radius 2 is 2.19 bits per heavy atom. The quantitative estimate of drug-likeness (QED) is 0.669. The van der Waals surface area contributed by atoms with Crippen LogP contribution in [-0.4, -0.2) is 45.8 Å². The Morgan fingerprint density at radius 1 is 1.30 bits per heavy atom. The Morgan fingerprint density at radius 3 is 3.07 bits per heavy atom. The number of aromatic nitrogens is 3. The van der Waals surface area contributed by atoms with E-state index in [1.807, 2.05) is 39.9 Å². The molecule has 3 heterocycles. The van der Waals surface area contributed by atoms with Crippen LogP contribution in [0.1, 0.15) is 37.0 Å². The lowest BCUT2D eigenvalue weighted by molar-refractivity contribution is -0.136. The summed E-state index contributed by atoms with van der Waals surface area (Å²) in [6.45, 7) is 1.58. The highest BCUT2D eigenvalue weighted by atomic mass is 16.5. The van der Waals surface area contributed by atoms with Gasteiger partial charge in [0.1, 0.15) is 12.6 Å². The third kappa shape index (κ3) is 3.73. The number of amides is 1. The first-order valence-electron chi connectivity index (χ1n) is 9.41. The average Bonchev–Trinajstić information content (AvgIpc) is 3.34. The number of carbonyl (C=O) groups is 1. The van der Waals surface area contributed by atoms with Gasteiger partial charge in [0.05, 0.1) is 6.61 Å². The average molecular weight is 368 g/mol. The van der Waals surface area contributed by atoms with E-state index in [-0.39, 0.29) is 11.9 Å². The third-order valence-electron chi connectivity index (χ3n) is 5.11. The summed E-state index contributed by atoms with van der Waals surface area (Å²) in [6.07, 6.45) is 5.48. The molecule has 1 amide bonds. The molecule has 142 valence electrons. The van der Waals surface area contributed by atoms with Gasteiger partial charge in [0.2, 0.25) is 11.8 Å². The van der Waals surface area contributed by atoms with E-state index in [2.05, 4.69) is 16.2 Å². The summed E-state index contributed by atoms with van der Waals surface area (Å²) in [6, 6.07) is 9.99. The lowest BCUT2D eigenvalue weighted by Gasteiger charge is -2.33. The molecular weight excluding hydrogens is 344 g/mol. The maximum atomic E-state index is 13.1. The van der Waals surface area contributed by atoms with Crippen LogP contribution in [0.3, 0.4) is 0 Å². The first-order chi connectivity index (χ1) is 13.3. The number of rotatable bonds is 6. The third-order valence-corrected chi connectivity index (χ3v) is 5.11. The lowest BCUT2D eigenvalue weighted by atomic mass is 10.0. The van der Waals surface area contributed by atoms with Crippen molar-refractivity contribution in [1.82, 2.24) is 19.6 Å². The topological polar surface area (TPSA) is 73.4 Å². The van der Waals surface area contributed by atoms with Crippen LogP contribution in [0.4, 0.5) is 0 Å². The molecule has 1 aromatic carbocycles. The van der Waals surface area contributed by atoms with Gasteiger partial charge in [-0.05, 0) is 36.8 Å². The Balaban J connectivity index is 1.51. The number of fused-ring (bicyclic) bond motifs is 1. The van der Waals surface area contributed by atoms with E-state index in [0.717, 1.165) is 36.7 Å². The van der Waals surface area contributed by atoms with Crippen molar-refractivity contribution in [2.45, 2.75) is 38.3 Å². The van der Waals surface area contributed by atoms with Crippen LogP contribution in [0, 0.1) is 0 Å². The minimum atomic E-state index is -0.142. The largest absolute Gasteiger partial charge is 0.384 e. The number of hydrogen-bond acceptors (Lipinski definition) is 5. The number of hydrogen-bond donors (Lipinski definition) is 0. The SMILES string of the molecule is COCCc1noc([C@@H]2CCCCN2C(=O)Cn2ccc3ccccc32)n1. The monoisotopic (exact) mass is 368 g/mol. The highest BCUT2D eigenvalue weighted by molar-refractivity contribution is 5.83. The molecule has 0 bridgehead atoms. The van der Waals surface area contributed by atoms with Crippen LogP contribution in [-0.2, 0) is 22.5 Å². The molecule has 1 aliphatic rings. The van der Waals surface area contributed by atoms with Crippen molar-refractivity contribution >= 4 is 16.8 Å². The van der Waals surface area contributed by atoms with Crippen molar-refractivity contribution in [3.05, 3.63) is 48.2 Å². The molecule has 0 aliphatic carbocycles. The number of carbonyl (C=O) groups excluding carboxylic acids is 1. The smallest absolute Gasteiger partial charge is 0.249 e. The van der Waals surface area contributed by atoms with Gasteiger partial charge in [-0.25, -0.2) is 0 Å². The summed E-state index contributed by atoms with van der Waals surface area (Å²) in [4.78, 5) is 19.5. The Bertz CT molecular complexity index is 917. The van der Waals surface area contributed by atoms with Crippen molar-refractivity contribution in [2.24, 2.45) is 0 Å². The summed E-state index contributed by atoms with van der Waals surface area (Å²) in [7, 11) is 1.65. The fraction of sp³-hybridized carbons (Fsp3) is 0.450. The molecule has 1 aliphatic heterocycles.